The lowest BCUT2D eigenvalue weighted by Gasteiger charge is -2.19. The van der Waals surface area contributed by atoms with Crippen molar-refractivity contribution in [2.24, 2.45) is 0 Å². The molecule has 4 nitrogen and oxygen atoms in total. The van der Waals surface area contributed by atoms with E-state index in [1.807, 2.05) is 38.6 Å². The van der Waals surface area contributed by atoms with Crippen LogP contribution in [0.15, 0.2) is 12.7 Å². The maximum absolute atomic E-state index is 11.3. The van der Waals surface area contributed by atoms with Crippen LogP contribution in [-0.4, -0.2) is 42.8 Å². The molecule has 106 valence electrons. The molecule has 0 bridgehead atoms. The van der Waals surface area contributed by atoms with E-state index >= 15 is 0 Å². The molecule has 0 aromatic carbocycles. The largest absolute Gasteiger partial charge is 0.444 e. The van der Waals surface area contributed by atoms with E-state index in [4.69, 9.17) is 4.74 Å². The molecule has 0 radical (unpaired) electrons. The number of alkyl carbamates (subject to hydrolysis) is 1. The van der Waals surface area contributed by atoms with Gasteiger partial charge in [0, 0.05) is 24.6 Å². The SMILES string of the molecule is C=CCSCCNCCCNC(=O)OC(C)(C)C. The van der Waals surface area contributed by atoms with E-state index < -0.39 is 5.60 Å². The summed E-state index contributed by atoms with van der Waals surface area (Å²) >= 11 is 1.86. The monoisotopic (exact) mass is 274 g/mol. The Hall–Kier alpha value is -0.680. The molecule has 2 N–H and O–H groups in total. The second-order valence-electron chi connectivity index (χ2n) is 4.90. The Kier molecular flexibility index (Phi) is 9.87. The molecule has 0 saturated carbocycles. The fraction of sp³-hybridized carbons (Fsp3) is 0.769. The molecule has 0 unspecified atom stereocenters. The number of hydrogen-bond acceptors (Lipinski definition) is 4. The van der Waals surface area contributed by atoms with Crippen LogP contribution in [0.2, 0.25) is 0 Å². The quantitative estimate of drug-likeness (QED) is 0.501. The van der Waals surface area contributed by atoms with Crippen molar-refractivity contribution >= 4 is 17.9 Å². The number of carbonyl (C=O) groups excluding carboxylic acids is 1. The van der Waals surface area contributed by atoms with Crippen molar-refractivity contribution in [3.05, 3.63) is 12.7 Å². The third-order valence-corrected chi connectivity index (χ3v) is 2.82. The fourth-order valence-electron chi connectivity index (χ4n) is 1.15. The number of ether oxygens (including phenoxy) is 1. The maximum Gasteiger partial charge on any atom is 0.407 e. The average Bonchev–Trinajstić information content (AvgIpc) is 2.24. The summed E-state index contributed by atoms with van der Waals surface area (Å²) in [6.45, 7) is 11.8. The topological polar surface area (TPSA) is 50.4 Å². The van der Waals surface area contributed by atoms with Gasteiger partial charge in [0.25, 0.3) is 0 Å². The summed E-state index contributed by atoms with van der Waals surface area (Å²) in [4.78, 5) is 11.3. The first-order valence-electron chi connectivity index (χ1n) is 6.32. The maximum atomic E-state index is 11.3. The molecule has 0 atom stereocenters. The molecule has 1 amide bonds. The van der Waals surface area contributed by atoms with Gasteiger partial charge in [-0.3, -0.25) is 0 Å². The summed E-state index contributed by atoms with van der Waals surface area (Å²) in [5.41, 5.74) is -0.426. The number of nitrogens with one attached hydrogen (secondary N) is 2. The van der Waals surface area contributed by atoms with Crippen LogP contribution in [0.1, 0.15) is 27.2 Å². The molecule has 0 rings (SSSR count). The van der Waals surface area contributed by atoms with E-state index in [1.54, 1.807) is 0 Å². The summed E-state index contributed by atoms with van der Waals surface area (Å²) in [5, 5.41) is 6.05. The van der Waals surface area contributed by atoms with Gasteiger partial charge in [-0.05, 0) is 33.7 Å². The van der Waals surface area contributed by atoms with Crippen LogP contribution in [0, 0.1) is 0 Å². The van der Waals surface area contributed by atoms with Gasteiger partial charge >= 0.3 is 6.09 Å². The molecule has 0 aliphatic carbocycles. The van der Waals surface area contributed by atoms with Crippen LogP contribution in [0.3, 0.4) is 0 Å². The zero-order chi connectivity index (χ0) is 13.9. The molecule has 5 heteroatoms. The van der Waals surface area contributed by atoms with Gasteiger partial charge in [-0.2, -0.15) is 11.8 Å². The summed E-state index contributed by atoms with van der Waals surface area (Å²) in [6.07, 6.45) is 2.48. The van der Waals surface area contributed by atoms with Gasteiger partial charge < -0.3 is 15.4 Å². The highest BCUT2D eigenvalue weighted by Gasteiger charge is 2.15. The van der Waals surface area contributed by atoms with E-state index in [-0.39, 0.29) is 6.09 Å². The Balaban J connectivity index is 3.25. The standard InChI is InChI=1S/C13H26N2O2S/c1-5-10-18-11-9-14-7-6-8-15-12(16)17-13(2,3)4/h5,14H,1,6-11H2,2-4H3,(H,15,16). The molecular weight excluding hydrogens is 248 g/mol. The summed E-state index contributed by atoms with van der Waals surface area (Å²) in [5.74, 6) is 2.09. The highest BCUT2D eigenvalue weighted by molar-refractivity contribution is 7.99. The first-order valence-corrected chi connectivity index (χ1v) is 7.47. The van der Waals surface area contributed by atoms with E-state index in [1.165, 1.54) is 0 Å². The number of carbonyl (C=O) groups is 1. The number of amides is 1. The average molecular weight is 274 g/mol. The van der Waals surface area contributed by atoms with Gasteiger partial charge in [0.1, 0.15) is 5.60 Å². The van der Waals surface area contributed by atoms with Crippen molar-refractivity contribution in [3.8, 4) is 0 Å². The number of hydrogen-bond donors (Lipinski definition) is 2. The molecule has 0 heterocycles. The smallest absolute Gasteiger partial charge is 0.407 e. The zero-order valence-corrected chi connectivity index (χ0v) is 12.6. The van der Waals surface area contributed by atoms with Crippen molar-refractivity contribution in [3.63, 3.8) is 0 Å². The molecule has 0 aliphatic rings. The third-order valence-electron chi connectivity index (χ3n) is 1.86. The van der Waals surface area contributed by atoms with Crippen molar-refractivity contribution < 1.29 is 9.53 Å². The molecule has 0 fully saturated rings. The van der Waals surface area contributed by atoms with Crippen molar-refractivity contribution in [1.82, 2.24) is 10.6 Å². The molecule has 0 aliphatic heterocycles. The van der Waals surface area contributed by atoms with Crippen LogP contribution in [0.25, 0.3) is 0 Å². The normalized spacial score (nSPS) is 11.1. The van der Waals surface area contributed by atoms with Gasteiger partial charge in [0.2, 0.25) is 0 Å². The second-order valence-corrected chi connectivity index (χ2v) is 6.05. The third kappa shape index (κ3) is 13.4. The summed E-state index contributed by atoms with van der Waals surface area (Å²) in [7, 11) is 0. The lowest BCUT2D eigenvalue weighted by Crippen LogP contribution is -2.34. The van der Waals surface area contributed by atoms with Crippen LogP contribution >= 0.6 is 11.8 Å². The number of thioether (sulfide) groups is 1. The molecule has 18 heavy (non-hydrogen) atoms. The number of rotatable bonds is 9. The summed E-state index contributed by atoms with van der Waals surface area (Å²) < 4.78 is 5.13. The summed E-state index contributed by atoms with van der Waals surface area (Å²) in [6, 6.07) is 0. The predicted octanol–water partition coefficient (Wildman–Crippen LogP) is 2.41. The lowest BCUT2D eigenvalue weighted by atomic mass is 10.2. The van der Waals surface area contributed by atoms with E-state index in [0.717, 1.165) is 31.0 Å². The Bertz CT molecular complexity index is 240. The Labute approximate surface area is 115 Å². The lowest BCUT2D eigenvalue weighted by molar-refractivity contribution is 0.0527. The molecule has 0 aromatic rings. The van der Waals surface area contributed by atoms with Crippen LogP contribution in [0.4, 0.5) is 4.79 Å². The van der Waals surface area contributed by atoms with E-state index in [2.05, 4.69) is 17.2 Å². The highest BCUT2D eigenvalue weighted by atomic mass is 32.2. The van der Waals surface area contributed by atoms with Crippen molar-refractivity contribution in [2.45, 2.75) is 32.8 Å². The fourth-order valence-corrected chi connectivity index (χ4v) is 1.78. The Morgan fingerprint density at radius 2 is 2.06 bits per heavy atom. The molecule has 0 saturated heterocycles. The Morgan fingerprint density at radius 3 is 2.67 bits per heavy atom. The van der Waals surface area contributed by atoms with Gasteiger partial charge in [-0.15, -0.1) is 6.58 Å². The van der Waals surface area contributed by atoms with Crippen molar-refractivity contribution in [2.75, 3.05) is 31.1 Å². The second kappa shape index (κ2) is 10.3. The molecular formula is C13H26N2O2S. The zero-order valence-electron chi connectivity index (χ0n) is 11.8. The minimum absolute atomic E-state index is 0.343. The molecule has 0 aromatic heterocycles. The van der Waals surface area contributed by atoms with E-state index in [9.17, 15) is 4.79 Å². The minimum atomic E-state index is -0.426. The van der Waals surface area contributed by atoms with Crippen molar-refractivity contribution in [1.29, 1.82) is 0 Å². The first kappa shape index (κ1) is 17.3. The van der Waals surface area contributed by atoms with Crippen LogP contribution in [-0.2, 0) is 4.74 Å². The Morgan fingerprint density at radius 1 is 1.33 bits per heavy atom. The van der Waals surface area contributed by atoms with Gasteiger partial charge in [0.05, 0.1) is 0 Å². The highest BCUT2D eigenvalue weighted by Crippen LogP contribution is 2.06. The van der Waals surface area contributed by atoms with Gasteiger partial charge in [-0.25, -0.2) is 4.79 Å². The predicted molar refractivity (Wildman–Crippen MR) is 79.2 cm³/mol. The first-order chi connectivity index (χ1) is 8.45. The van der Waals surface area contributed by atoms with Gasteiger partial charge in [-0.1, -0.05) is 6.08 Å². The van der Waals surface area contributed by atoms with Crippen LogP contribution in [0.5, 0.6) is 0 Å². The van der Waals surface area contributed by atoms with E-state index in [0.29, 0.717) is 6.54 Å². The van der Waals surface area contributed by atoms with Gasteiger partial charge in [0.15, 0.2) is 0 Å². The minimum Gasteiger partial charge on any atom is -0.444 e. The molecule has 0 spiro atoms. The van der Waals surface area contributed by atoms with Crippen LogP contribution < -0.4 is 10.6 Å².